The molecule has 0 radical (unpaired) electrons. The van der Waals surface area contributed by atoms with Gasteiger partial charge in [-0.1, -0.05) is 66.7 Å². The van der Waals surface area contributed by atoms with Gasteiger partial charge in [-0.2, -0.15) is 0 Å². The van der Waals surface area contributed by atoms with Gasteiger partial charge in [0.1, 0.15) is 11.9 Å². The quantitative estimate of drug-likeness (QED) is 0.0721. The number of aromatic nitrogens is 1. The number of aromatic hydroxyl groups is 1. The van der Waals surface area contributed by atoms with E-state index in [0.717, 1.165) is 63.4 Å². The second kappa shape index (κ2) is 16.8. The van der Waals surface area contributed by atoms with Gasteiger partial charge < -0.3 is 35.1 Å². The summed E-state index contributed by atoms with van der Waals surface area (Å²) < 4.78 is 6.76. The lowest BCUT2D eigenvalue weighted by atomic mass is 9.99. The summed E-state index contributed by atoms with van der Waals surface area (Å²) in [5.41, 5.74) is 5.73. The van der Waals surface area contributed by atoms with Crippen molar-refractivity contribution in [2.45, 2.75) is 44.4 Å². The third kappa shape index (κ3) is 9.43. The summed E-state index contributed by atoms with van der Waals surface area (Å²) in [6.07, 6.45) is 0.981. The lowest BCUT2D eigenvalue weighted by Gasteiger charge is -2.36. The van der Waals surface area contributed by atoms with Crippen LogP contribution in [0.5, 0.6) is 5.75 Å². The molecular formula is C45H48N5O6+. The van der Waals surface area contributed by atoms with Crippen LogP contribution in [0.25, 0.3) is 32.8 Å². The number of phenolic OH excluding ortho intramolecular Hbond substituents is 1. The molecule has 56 heavy (non-hydrogen) atoms. The summed E-state index contributed by atoms with van der Waals surface area (Å²) in [4.78, 5) is 40.5. The van der Waals surface area contributed by atoms with Crippen LogP contribution in [-0.2, 0) is 22.5 Å². The molecule has 6 N–H and O–H groups in total. The van der Waals surface area contributed by atoms with E-state index in [4.69, 9.17) is 4.74 Å². The van der Waals surface area contributed by atoms with E-state index in [2.05, 4.69) is 41.1 Å². The number of ether oxygens (including phenoxy) is 1. The maximum Gasteiger partial charge on any atom is 0.411 e. The maximum atomic E-state index is 13.1. The zero-order valence-corrected chi connectivity index (χ0v) is 31.7. The molecule has 6 aromatic rings. The van der Waals surface area contributed by atoms with Gasteiger partial charge in [0.05, 0.1) is 44.5 Å². The molecule has 11 heteroatoms. The van der Waals surface area contributed by atoms with Crippen LogP contribution in [0.4, 0.5) is 16.2 Å². The summed E-state index contributed by atoms with van der Waals surface area (Å²) in [6, 6.07) is 33.8. The molecule has 1 aliphatic heterocycles. The molecule has 2 heterocycles. The van der Waals surface area contributed by atoms with E-state index in [1.165, 1.54) is 12.1 Å². The third-order valence-electron chi connectivity index (χ3n) is 10.6. The molecule has 7 rings (SSSR count). The lowest BCUT2D eigenvalue weighted by Crippen LogP contribution is -2.48. The second-order valence-corrected chi connectivity index (χ2v) is 15.2. The minimum atomic E-state index is -0.856. The van der Waals surface area contributed by atoms with Crippen molar-refractivity contribution >= 4 is 45.1 Å². The Morgan fingerprint density at radius 2 is 1.61 bits per heavy atom. The molecule has 1 saturated heterocycles. The van der Waals surface area contributed by atoms with Crippen molar-refractivity contribution in [3.63, 3.8) is 0 Å². The first kappa shape index (κ1) is 38.3. The van der Waals surface area contributed by atoms with Crippen LogP contribution in [0.1, 0.15) is 42.1 Å². The van der Waals surface area contributed by atoms with E-state index in [1.54, 1.807) is 12.1 Å². The first-order valence-corrected chi connectivity index (χ1v) is 19.0. The fourth-order valence-corrected chi connectivity index (χ4v) is 7.35. The van der Waals surface area contributed by atoms with Crippen LogP contribution in [0.2, 0.25) is 0 Å². The minimum Gasteiger partial charge on any atom is -0.506 e. The average molecular weight is 755 g/mol. The lowest BCUT2D eigenvalue weighted by molar-refractivity contribution is -0.896. The Morgan fingerprint density at radius 3 is 2.41 bits per heavy atom. The molecule has 0 bridgehead atoms. The molecule has 0 saturated carbocycles. The highest BCUT2D eigenvalue weighted by molar-refractivity contribution is 5.95. The molecule has 1 aromatic heterocycles. The van der Waals surface area contributed by atoms with Crippen molar-refractivity contribution in [1.82, 2.24) is 10.3 Å². The van der Waals surface area contributed by atoms with E-state index in [0.29, 0.717) is 40.8 Å². The van der Waals surface area contributed by atoms with Gasteiger partial charge >= 0.3 is 6.09 Å². The number of carbonyl (C=O) groups excluding carboxylic acids is 2. The van der Waals surface area contributed by atoms with Gasteiger partial charge in [0, 0.05) is 55.1 Å². The number of phenols is 1. The summed E-state index contributed by atoms with van der Waals surface area (Å²) in [5.74, 6) is -0.164. The highest BCUT2D eigenvalue weighted by Crippen LogP contribution is 2.31. The number of aromatic amines is 1. The van der Waals surface area contributed by atoms with Crippen LogP contribution in [0.15, 0.2) is 114 Å². The fraction of sp³-hybridized carbons (Fsp3) is 0.267. The Morgan fingerprint density at radius 1 is 0.857 bits per heavy atom. The molecule has 0 unspecified atom stereocenters. The van der Waals surface area contributed by atoms with Crippen molar-refractivity contribution in [2.75, 3.05) is 44.4 Å². The van der Waals surface area contributed by atoms with Gasteiger partial charge in [0.25, 0.3) is 0 Å². The standard InChI is InChI=1S/C45H47N5O6/c1-50(2)22-20-35(21-23-50)56-45(55)48-39-25-29(9-14-36(39)31-6-4-3-5-7-31)10-18-42(53)47-34-13-12-32-24-30(8-11-33(32)26-34)27-46-28-41(52)37-15-17-40(51)44-38(37)16-19-43(54)49-44/h3-9,11-17,19,24-26,35,41,46,52H,10,18,20-23,27-28H2,1-2H3,(H3-,47,48,49,51,53,54,55)/p+1/t41-/m0/s1. The number of amides is 2. The second-order valence-electron chi connectivity index (χ2n) is 15.2. The van der Waals surface area contributed by atoms with E-state index in [9.17, 15) is 24.6 Å². The predicted octanol–water partition coefficient (Wildman–Crippen LogP) is 7.24. The molecule has 5 aromatic carbocycles. The minimum absolute atomic E-state index is 0.0491. The number of aliphatic hydroxyl groups excluding tert-OH is 1. The Hall–Kier alpha value is -6.01. The largest absolute Gasteiger partial charge is 0.506 e. The van der Waals surface area contributed by atoms with E-state index in [1.807, 2.05) is 78.9 Å². The van der Waals surface area contributed by atoms with Gasteiger partial charge in [0.2, 0.25) is 11.5 Å². The highest BCUT2D eigenvalue weighted by Gasteiger charge is 2.28. The first-order chi connectivity index (χ1) is 27.0. The Bertz CT molecular complexity index is 2420. The summed E-state index contributed by atoms with van der Waals surface area (Å²) in [7, 11) is 4.39. The normalized spacial score (nSPS) is 14.7. The van der Waals surface area contributed by atoms with Gasteiger partial charge in [0.15, 0.2) is 0 Å². The number of aryl methyl sites for hydroxylation is 1. The van der Waals surface area contributed by atoms with Crippen LogP contribution < -0.4 is 21.5 Å². The number of likely N-dealkylation sites (tertiary alicyclic amines) is 1. The topological polar surface area (TPSA) is 153 Å². The van der Waals surface area contributed by atoms with Crippen molar-refractivity contribution in [3.8, 4) is 16.9 Å². The molecule has 288 valence electrons. The number of pyridine rings is 1. The van der Waals surface area contributed by atoms with Crippen molar-refractivity contribution in [2.24, 2.45) is 0 Å². The van der Waals surface area contributed by atoms with Crippen LogP contribution >= 0.6 is 0 Å². The summed E-state index contributed by atoms with van der Waals surface area (Å²) in [6.45, 7) is 2.71. The number of piperidine rings is 1. The third-order valence-corrected chi connectivity index (χ3v) is 10.6. The number of quaternary nitrogens is 1. The van der Waals surface area contributed by atoms with Gasteiger partial charge in [-0.15, -0.1) is 0 Å². The average Bonchev–Trinajstić information content (AvgIpc) is 3.18. The zero-order chi connectivity index (χ0) is 39.2. The molecule has 0 aliphatic carbocycles. The predicted molar refractivity (Wildman–Crippen MR) is 221 cm³/mol. The monoisotopic (exact) mass is 754 g/mol. The number of rotatable bonds is 12. The maximum absolute atomic E-state index is 13.1. The highest BCUT2D eigenvalue weighted by atomic mass is 16.6. The smallest absolute Gasteiger partial charge is 0.411 e. The first-order valence-electron chi connectivity index (χ1n) is 19.0. The van der Waals surface area contributed by atoms with Crippen LogP contribution in [0, 0.1) is 0 Å². The number of H-pyrrole nitrogens is 1. The summed E-state index contributed by atoms with van der Waals surface area (Å²) >= 11 is 0. The summed E-state index contributed by atoms with van der Waals surface area (Å²) in [5, 5.41) is 33.0. The number of anilines is 2. The van der Waals surface area contributed by atoms with E-state index >= 15 is 0 Å². The van der Waals surface area contributed by atoms with Crippen molar-refractivity contribution < 1.29 is 29.0 Å². The van der Waals surface area contributed by atoms with E-state index in [-0.39, 0.29) is 36.3 Å². The Labute approximate surface area is 325 Å². The number of aliphatic hydroxyl groups is 1. The fourth-order valence-electron chi connectivity index (χ4n) is 7.35. The molecule has 0 spiro atoms. The van der Waals surface area contributed by atoms with Crippen LogP contribution in [-0.4, -0.2) is 71.5 Å². The Balaban J connectivity index is 0.937. The number of nitrogens with zero attached hydrogens (tertiary/aromatic N) is 1. The number of carbonyl (C=O) groups is 2. The van der Waals surface area contributed by atoms with E-state index < -0.39 is 12.2 Å². The van der Waals surface area contributed by atoms with Gasteiger partial charge in [-0.3, -0.25) is 14.9 Å². The SMILES string of the molecule is C[N+]1(C)CCC(OC(=O)Nc2cc(CCC(=O)Nc3ccc4cc(CNC[C@H](O)c5ccc(O)c6[nH]c(=O)ccc56)ccc4c3)ccc2-c2ccccc2)CC1. The number of benzene rings is 5. The molecule has 1 fully saturated rings. The molecule has 1 atom stereocenters. The Kier molecular flexibility index (Phi) is 11.5. The molecule has 1 aliphatic rings. The number of hydrogen-bond acceptors (Lipinski definition) is 7. The van der Waals surface area contributed by atoms with Crippen molar-refractivity contribution in [1.29, 1.82) is 0 Å². The number of nitrogens with one attached hydrogen (secondary N) is 4. The van der Waals surface area contributed by atoms with Gasteiger partial charge in [-0.25, -0.2) is 4.79 Å². The molecular weight excluding hydrogens is 707 g/mol. The molecule has 2 amide bonds. The molecule has 11 nitrogen and oxygen atoms in total. The van der Waals surface area contributed by atoms with Crippen molar-refractivity contribution in [3.05, 3.63) is 136 Å². The van der Waals surface area contributed by atoms with Crippen LogP contribution in [0.3, 0.4) is 0 Å². The van der Waals surface area contributed by atoms with Gasteiger partial charge in [-0.05, 0) is 75.8 Å². The number of fused-ring (bicyclic) bond motifs is 2. The zero-order valence-electron chi connectivity index (χ0n) is 31.7. The number of hydrogen-bond donors (Lipinski definition) is 6.